The van der Waals surface area contributed by atoms with Crippen LogP contribution in [-0.4, -0.2) is 4.98 Å². The van der Waals surface area contributed by atoms with E-state index in [1.807, 2.05) is 11.7 Å². The molecule has 0 spiro atoms. The monoisotopic (exact) mass is 288 g/mol. The third-order valence-corrected chi connectivity index (χ3v) is 4.11. The van der Waals surface area contributed by atoms with Crippen molar-refractivity contribution in [3.8, 4) is 0 Å². The molecule has 2 nitrogen and oxygen atoms in total. The fourth-order valence-corrected chi connectivity index (χ4v) is 3.10. The van der Waals surface area contributed by atoms with Crippen LogP contribution < -0.4 is 5.32 Å². The number of rotatable bonds is 4. The van der Waals surface area contributed by atoms with Gasteiger partial charge in [0.05, 0.1) is 9.30 Å². The molecule has 2 heterocycles. The quantitative estimate of drug-likeness (QED) is 0.934. The highest BCUT2D eigenvalue weighted by Gasteiger charge is 1.98. The van der Waals surface area contributed by atoms with E-state index >= 15 is 0 Å². The van der Waals surface area contributed by atoms with Gasteiger partial charge in [0.25, 0.3) is 0 Å². The van der Waals surface area contributed by atoms with E-state index in [4.69, 9.17) is 0 Å². The molecule has 0 unspecified atom stereocenters. The van der Waals surface area contributed by atoms with Gasteiger partial charge in [0, 0.05) is 29.0 Å². The number of hydrogen-bond acceptors (Lipinski definition) is 4. The summed E-state index contributed by atoms with van der Waals surface area (Å²) in [5.74, 6) is 0. The van der Waals surface area contributed by atoms with Crippen molar-refractivity contribution >= 4 is 38.6 Å². The second-order valence-corrected chi connectivity index (χ2v) is 6.30. The van der Waals surface area contributed by atoms with Gasteiger partial charge in [-0.25, -0.2) is 0 Å². The zero-order valence-corrected chi connectivity index (χ0v) is 10.6. The first kappa shape index (κ1) is 10.3. The molecule has 0 amide bonds. The molecular weight excluding hydrogens is 280 g/mol. The first-order valence-electron chi connectivity index (χ1n) is 4.17. The molecule has 2 aromatic heterocycles. The summed E-state index contributed by atoms with van der Waals surface area (Å²) in [6, 6.07) is 4.21. The summed E-state index contributed by atoms with van der Waals surface area (Å²) in [6.07, 6.45) is 1.90. The zero-order valence-electron chi connectivity index (χ0n) is 7.37. The number of thiophene rings is 1. The average Bonchev–Trinajstić information content (AvgIpc) is 2.77. The Kier molecular flexibility index (Phi) is 3.69. The molecule has 14 heavy (non-hydrogen) atoms. The van der Waals surface area contributed by atoms with Crippen LogP contribution in [-0.2, 0) is 13.1 Å². The van der Waals surface area contributed by atoms with Gasteiger partial charge < -0.3 is 5.32 Å². The number of hydrogen-bond donors (Lipinski definition) is 1. The fraction of sp³-hybridized carbons (Fsp3) is 0.222. The summed E-state index contributed by atoms with van der Waals surface area (Å²) in [5.41, 5.74) is 1.86. The minimum Gasteiger partial charge on any atom is -0.307 e. The van der Waals surface area contributed by atoms with Gasteiger partial charge in [-0.3, -0.25) is 4.98 Å². The molecule has 0 bridgehead atoms. The van der Waals surface area contributed by atoms with Crippen LogP contribution in [0.2, 0.25) is 0 Å². The van der Waals surface area contributed by atoms with Crippen LogP contribution in [0, 0.1) is 0 Å². The Hall–Kier alpha value is -0.230. The third kappa shape index (κ3) is 2.88. The minimum atomic E-state index is 0.903. The van der Waals surface area contributed by atoms with Crippen molar-refractivity contribution in [3.05, 3.63) is 37.4 Å². The third-order valence-electron chi connectivity index (χ3n) is 1.71. The van der Waals surface area contributed by atoms with Crippen LogP contribution in [0.1, 0.15) is 9.75 Å². The van der Waals surface area contributed by atoms with Crippen LogP contribution in [0.5, 0.6) is 0 Å². The van der Waals surface area contributed by atoms with Crippen molar-refractivity contribution in [1.29, 1.82) is 0 Å². The lowest BCUT2D eigenvalue weighted by Gasteiger charge is -1.99. The second kappa shape index (κ2) is 5.02. The van der Waals surface area contributed by atoms with Crippen molar-refractivity contribution in [2.75, 3.05) is 0 Å². The van der Waals surface area contributed by atoms with Gasteiger partial charge in [0.1, 0.15) is 0 Å². The topological polar surface area (TPSA) is 24.9 Å². The van der Waals surface area contributed by atoms with E-state index in [9.17, 15) is 0 Å². The smallest absolute Gasteiger partial charge is 0.0794 e. The summed E-state index contributed by atoms with van der Waals surface area (Å²) in [6.45, 7) is 1.83. The van der Waals surface area contributed by atoms with E-state index in [1.165, 1.54) is 13.5 Å². The molecule has 74 valence electrons. The predicted molar refractivity (Wildman–Crippen MR) is 64.7 cm³/mol. The van der Waals surface area contributed by atoms with Gasteiger partial charge in [0.15, 0.2) is 0 Å². The molecule has 0 saturated heterocycles. The highest BCUT2D eigenvalue weighted by Crippen LogP contribution is 2.21. The van der Waals surface area contributed by atoms with E-state index < -0.39 is 0 Å². The van der Waals surface area contributed by atoms with E-state index in [0.717, 1.165) is 13.1 Å². The second-order valence-electron chi connectivity index (χ2n) is 2.78. The number of thiazole rings is 1. The summed E-state index contributed by atoms with van der Waals surface area (Å²) in [5, 5.41) is 3.38. The van der Waals surface area contributed by atoms with Crippen LogP contribution in [0.25, 0.3) is 0 Å². The summed E-state index contributed by atoms with van der Waals surface area (Å²) in [7, 11) is 0. The first-order valence-corrected chi connectivity index (χ1v) is 6.66. The molecule has 0 saturated carbocycles. The number of halogens is 1. The van der Waals surface area contributed by atoms with Crippen LogP contribution in [0.4, 0.5) is 0 Å². The molecule has 0 fully saturated rings. The SMILES string of the molecule is Brc1ccc(CNCc2cncs2)s1. The Bertz CT molecular complexity index is 383. The highest BCUT2D eigenvalue weighted by atomic mass is 79.9. The standard InChI is InChI=1S/C9H9BrN2S2/c10-9-2-1-7(14-9)3-11-4-8-5-12-6-13-8/h1-2,5-6,11H,3-4H2. The Morgan fingerprint density at radius 3 is 2.79 bits per heavy atom. The molecule has 0 atom stereocenters. The highest BCUT2D eigenvalue weighted by molar-refractivity contribution is 9.11. The largest absolute Gasteiger partial charge is 0.307 e. The Balaban J connectivity index is 1.78. The van der Waals surface area contributed by atoms with Crippen molar-refractivity contribution in [2.24, 2.45) is 0 Å². The normalized spacial score (nSPS) is 10.6. The summed E-state index contributed by atoms with van der Waals surface area (Å²) in [4.78, 5) is 6.65. The van der Waals surface area contributed by atoms with Crippen molar-refractivity contribution < 1.29 is 0 Å². The maximum absolute atomic E-state index is 4.03. The van der Waals surface area contributed by atoms with Crippen LogP contribution in [0.3, 0.4) is 0 Å². The lowest BCUT2D eigenvalue weighted by Crippen LogP contribution is -2.10. The van der Waals surface area contributed by atoms with Gasteiger partial charge in [-0.2, -0.15) is 0 Å². The molecule has 2 aromatic rings. The average molecular weight is 289 g/mol. The van der Waals surface area contributed by atoms with E-state index in [0.29, 0.717) is 0 Å². The Labute approximate surface area is 99.1 Å². The van der Waals surface area contributed by atoms with Crippen LogP contribution in [0.15, 0.2) is 27.6 Å². The van der Waals surface area contributed by atoms with Gasteiger partial charge >= 0.3 is 0 Å². The number of aromatic nitrogens is 1. The minimum absolute atomic E-state index is 0.903. The summed E-state index contributed by atoms with van der Waals surface area (Å²) < 4.78 is 1.19. The fourth-order valence-electron chi connectivity index (χ4n) is 1.09. The zero-order chi connectivity index (χ0) is 9.80. The van der Waals surface area contributed by atoms with Gasteiger partial charge in [-0.15, -0.1) is 22.7 Å². The van der Waals surface area contributed by atoms with Crippen molar-refractivity contribution in [1.82, 2.24) is 10.3 Å². The number of nitrogens with one attached hydrogen (secondary N) is 1. The molecule has 1 N–H and O–H groups in total. The molecule has 0 radical (unpaired) electrons. The maximum atomic E-state index is 4.03. The Morgan fingerprint density at radius 2 is 2.14 bits per heavy atom. The predicted octanol–water partition coefficient (Wildman–Crippen LogP) is 3.26. The molecular formula is C9H9BrN2S2. The van der Waals surface area contributed by atoms with Gasteiger partial charge in [0.2, 0.25) is 0 Å². The maximum Gasteiger partial charge on any atom is 0.0794 e. The first-order chi connectivity index (χ1) is 6.84. The molecule has 0 aliphatic heterocycles. The molecule has 0 aliphatic rings. The van der Waals surface area contributed by atoms with E-state index in [2.05, 4.69) is 38.4 Å². The molecule has 0 aromatic carbocycles. The van der Waals surface area contributed by atoms with Gasteiger partial charge in [-0.1, -0.05) is 0 Å². The van der Waals surface area contributed by atoms with Gasteiger partial charge in [-0.05, 0) is 28.1 Å². The van der Waals surface area contributed by atoms with Crippen molar-refractivity contribution in [3.63, 3.8) is 0 Å². The summed E-state index contributed by atoms with van der Waals surface area (Å²) >= 11 is 6.90. The van der Waals surface area contributed by atoms with Crippen molar-refractivity contribution in [2.45, 2.75) is 13.1 Å². The molecule has 5 heteroatoms. The lowest BCUT2D eigenvalue weighted by molar-refractivity contribution is 0.708. The van der Waals surface area contributed by atoms with Crippen LogP contribution >= 0.6 is 38.6 Å². The molecule has 0 aliphatic carbocycles. The lowest BCUT2D eigenvalue weighted by atomic mass is 10.4. The Morgan fingerprint density at radius 1 is 1.29 bits per heavy atom. The molecule has 2 rings (SSSR count). The van der Waals surface area contributed by atoms with E-state index in [-0.39, 0.29) is 0 Å². The number of nitrogens with zero attached hydrogens (tertiary/aromatic N) is 1. The van der Waals surface area contributed by atoms with E-state index in [1.54, 1.807) is 22.7 Å².